The first kappa shape index (κ1) is 13.8. The molecule has 1 saturated heterocycles. The van der Waals surface area contributed by atoms with E-state index >= 15 is 0 Å². The van der Waals surface area contributed by atoms with Crippen molar-refractivity contribution in [1.82, 2.24) is 4.90 Å². The van der Waals surface area contributed by atoms with Crippen LogP contribution in [0.5, 0.6) is 0 Å². The van der Waals surface area contributed by atoms with Gasteiger partial charge in [0.2, 0.25) is 0 Å². The van der Waals surface area contributed by atoms with E-state index in [1.807, 2.05) is 13.0 Å². The van der Waals surface area contributed by atoms with Crippen molar-refractivity contribution in [2.24, 2.45) is 11.8 Å². The fraction of sp³-hybridized carbons (Fsp3) is 0.643. The summed E-state index contributed by atoms with van der Waals surface area (Å²) in [6.45, 7) is 8.23. The summed E-state index contributed by atoms with van der Waals surface area (Å²) < 4.78 is 0. The lowest BCUT2D eigenvalue weighted by molar-refractivity contribution is -0.131. The van der Waals surface area contributed by atoms with Crippen molar-refractivity contribution in [3.63, 3.8) is 0 Å². The molecule has 0 radical (unpaired) electrons. The van der Waals surface area contributed by atoms with Crippen LogP contribution in [0.3, 0.4) is 0 Å². The third-order valence-electron chi connectivity index (χ3n) is 3.49. The molecular formula is C14H23NO2. The topological polar surface area (TPSA) is 40.5 Å². The molecule has 1 aliphatic rings. The summed E-state index contributed by atoms with van der Waals surface area (Å²) in [7, 11) is 0. The van der Waals surface area contributed by atoms with Crippen LogP contribution in [-0.2, 0) is 4.79 Å². The van der Waals surface area contributed by atoms with Crippen LogP contribution in [0.15, 0.2) is 23.9 Å². The number of nitrogens with zero attached hydrogens (tertiary/aromatic N) is 1. The molecule has 0 saturated carbocycles. The smallest absolute Gasteiger partial charge is 0.330 e. The van der Waals surface area contributed by atoms with Gasteiger partial charge in [0.05, 0.1) is 0 Å². The second-order valence-corrected chi connectivity index (χ2v) is 4.78. The maximum atomic E-state index is 10.9. The van der Waals surface area contributed by atoms with Gasteiger partial charge in [-0.2, -0.15) is 0 Å². The lowest BCUT2D eigenvalue weighted by Gasteiger charge is -2.29. The van der Waals surface area contributed by atoms with Crippen molar-refractivity contribution >= 4 is 5.97 Å². The molecule has 17 heavy (non-hydrogen) atoms. The Bertz CT molecular complexity index is 314. The minimum Gasteiger partial charge on any atom is -0.478 e. The normalized spacial score (nSPS) is 20.9. The summed E-state index contributed by atoms with van der Waals surface area (Å²) in [6, 6.07) is 0. The maximum absolute atomic E-state index is 10.9. The first-order valence-electron chi connectivity index (χ1n) is 6.38. The van der Waals surface area contributed by atoms with Gasteiger partial charge >= 0.3 is 5.97 Å². The molecule has 96 valence electrons. The third-order valence-corrected chi connectivity index (χ3v) is 3.49. The number of allylic oxidation sites excluding steroid dienone is 3. The van der Waals surface area contributed by atoms with E-state index in [1.165, 1.54) is 18.9 Å². The number of hydrogen-bond donors (Lipinski definition) is 1. The van der Waals surface area contributed by atoms with Crippen molar-refractivity contribution in [2.45, 2.75) is 33.6 Å². The lowest BCUT2D eigenvalue weighted by Crippen LogP contribution is -2.26. The number of hydrogen-bond acceptors (Lipinski definition) is 2. The zero-order valence-electron chi connectivity index (χ0n) is 11.0. The average Bonchev–Trinajstić information content (AvgIpc) is 2.78. The van der Waals surface area contributed by atoms with Gasteiger partial charge in [-0.1, -0.05) is 26.0 Å². The van der Waals surface area contributed by atoms with Gasteiger partial charge in [0.1, 0.15) is 0 Å². The Morgan fingerprint density at radius 2 is 1.88 bits per heavy atom. The van der Waals surface area contributed by atoms with Gasteiger partial charge in [-0.05, 0) is 25.7 Å². The SMILES string of the molecule is C/C=C/[C@@H](C)[C@H](C)/C(=C/C(=O)O)N1CCCC1. The van der Waals surface area contributed by atoms with E-state index in [0.717, 1.165) is 18.8 Å². The van der Waals surface area contributed by atoms with Crippen molar-refractivity contribution in [3.8, 4) is 0 Å². The highest BCUT2D eigenvalue weighted by atomic mass is 16.4. The number of aliphatic carboxylic acids is 1. The Morgan fingerprint density at radius 3 is 2.35 bits per heavy atom. The van der Waals surface area contributed by atoms with Gasteiger partial charge in [-0.3, -0.25) is 0 Å². The van der Waals surface area contributed by atoms with E-state index in [0.29, 0.717) is 5.92 Å². The van der Waals surface area contributed by atoms with E-state index in [2.05, 4.69) is 24.8 Å². The summed E-state index contributed by atoms with van der Waals surface area (Å²) in [6.07, 6.45) is 7.89. The minimum atomic E-state index is -0.841. The summed E-state index contributed by atoms with van der Waals surface area (Å²) in [4.78, 5) is 13.2. The molecule has 1 rings (SSSR count). The Balaban J connectivity index is 2.85. The highest BCUT2D eigenvalue weighted by Gasteiger charge is 2.23. The van der Waals surface area contributed by atoms with Crippen LogP contribution in [0.2, 0.25) is 0 Å². The fourth-order valence-corrected chi connectivity index (χ4v) is 2.35. The Kier molecular flexibility index (Phi) is 5.26. The highest BCUT2D eigenvalue weighted by Crippen LogP contribution is 2.27. The molecule has 3 heteroatoms. The second kappa shape index (κ2) is 6.48. The van der Waals surface area contributed by atoms with Gasteiger partial charge in [0.25, 0.3) is 0 Å². The molecule has 0 bridgehead atoms. The monoisotopic (exact) mass is 237 g/mol. The average molecular weight is 237 g/mol. The molecule has 0 aromatic heterocycles. The third kappa shape index (κ3) is 3.91. The second-order valence-electron chi connectivity index (χ2n) is 4.78. The van der Waals surface area contributed by atoms with Crippen molar-refractivity contribution < 1.29 is 9.90 Å². The predicted molar refractivity (Wildman–Crippen MR) is 69.7 cm³/mol. The summed E-state index contributed by atoms with van der Waals surface area (Å²) in [5.74, 6) is -0.224. The summed E-state index contributed by atoms with van der Waals surface area (Å²) in [5.41, 5.74) is 0.973. The van der Waals surface area contributed by atoms with Gasteiger partial charge in [0, 0.05) is 30.8 Å². The Labute approximate surface area is 104 Å². The zero-order chi connectivity index (χ0) is 12.8. The number of carbonyl (C=O) groups is 1. The molecule has 1 aliphatic heterocycles. The van der Waals surface area contributed by atoms with Crippen molar-refractivity contribution in [3.05, 3.63) is 23.9 Å². The van der Waals surface area contributed by atoms with Crippen LogP contribution in [0.4, 0.5) is 0 Å². The molecule has 1 heterocycles. The fourth-order valence-electron chi connectivity index (χ4n) is 2.35. The minimum absolute atomic E-state index is 0.250. The highest BCUT2D eigenvalue weighted by molar-refractivity contribution is 5.80. The van der Waals surface area contributed by atoms with E-state index in [4.69, 9.17) is 5.11 Å². The van der Waals surface area contributed by atoms with Crippen LogP contribution >= 0.6 is 0 Å². The summed E-state index contributed by atoms with van der Waals surface area (Å²) in [5, 5.41) is 8.98. The molecule has 1 fully saturated rings. The first-order valence-corrected chi connectivity index (χ1v) is 6.38. The summed E-state index contributed by atoms with van der Waals surface area (Å²) >= 11 is 0. The molecule has 0 amide bonds. The molecular weight excluding hydrogens is 214 g/mol. The quantitative estimate of drug-likeness (QED) is 0.590. The van der Waals surface area contributed by atoms with E-state index in [1.54, 1.807) is 0 Å². The van der Waals surface area contributed by atoms with Crippen LogP contribution < -0.4 is 0 Å². The van der Waals surface area contributed by atoms with Crippen LogP contribution in [0, 0.1) is 11.8 Å². The number of rotatable bonds is 5. The molecule has 0 spiro atoms. The van der Waals surface area contributed by atoms with Crippen molar-refractivity contribution in [2.75, 3.05) is 13.1 Å². The van der Waals surface area contributed by atoms with E-state index in [9.17, 15) is 4.79 Å². The standard InChI is InChI=1S/C14H23NO2/c1-4-7-11(2)12(3)13(10-14(16)17)15-8-5-6-9-15/h4,7,10-12H,5-6,8-9H2,1-3H3,(H,16,17)/b7-4+,13-10-/t11-,12+/m1/s1. The Hall–Kier alpha value is -1.25. The molecule has 3 nitrogen and oxygen atoms in total. The number of carboxylic acids is 1. The molecule has 0 unspecified atom stereocenters. The molecule has 0 aromatic carbocycles. The van der Waals surface area contributed by atoms with Gasteiger partial charge < -0.3 is 10.0 Å². The van der Waals surface area contributed by atoms with Gasteiger partial charge in [0.15, 0.2) is 0 Å². The van der Waals surface area contributed by atoms with E-state index < -0.39 is 5.97 Å². The van der Waals surface area contributed by atoms with Crippen LogP contribution in [0.25, 0.3) is 0 Å². The molecule has 1 N–H and O–H groups in total. The van der Waals surface area contributed by atoms with Crippen LogP contribution in [0.1, 0.15) is 33.6 Å². The largest absolute Gasteiger partial charge is 0.478 e. The molecule has 0 aliphatic carbocycles. The number of likely N-dealkylation sites (tertiary alicyclic amines) is 1. The maximum Gasteiger partial charge on any atom is 0.330 e. The number of carboxylic acid groups (broad SMARTS) is 1. The van der Waals surface area contributed by atoms with Crippen molar-refractivity contribution in [1.29, 1.82) is 0 Å². The molecule has 0 aromatic rings. The lowest BCUT2D eigenvalue weighted by atomic mass is 9.91. The van der Waals surface area contributed by atoms with Gasteiger partial charge in [-0.15, -0.1) is 0 Å². The predicted octanol–water partition coefficient (Wildman–Crippen LogP) is 2.90. The Morgan fingerprint density at radius 1 is 1.29 bits per heavy atom. The van der Waals surface area contributed by atoms with E-state index in [-0.39, 0.29) is 5.92 Å². The first-order chi connectivity index (χ1) is 8.06. The molecule has 2 atom stereocenters. The van der Waals surface area contributed by atoms with Crippen LogP contribution in [-0.4, -0.2) is 29.1 Å². The van der Waals surface area contributed by atoms with Gasteiger partial charge in [-0.25, -0.2) is 4.79 Å². The zero-order valence-corrected chi connectivity index (χ0v) is 11.0.